The molecule has 2 heterocycles. The smallest absolute Gasteiger partial charge is 0.232 e. The zero-order chi connectivity index (χ0) is 9.80. The second-order valence-corrected chi connectivity index (χ2v) is 3.72. The first-order chi connectivity index (χ1) is 6.86. The van der Waals surface area contributed by atoms with E-state index in [9.17, 15) is 0 Å². The molecule has 0 bridgehead atoms. The molecule has 1 fully saturated rings. The van der Waals surface area contributed by atoms with Gasteiger partial charge in [-0.25, -0.2) is 4.68 Å². The number of rotatable bonds is 3. The van der Waals surface area contributed by atoms with Crippen LogP contribution in [0, 0.1) is 5.92 Å². The molecule has 1 saturated heterocycles. The van der Waals surface area contributed by atoms with Crippen LogP contribution in [-0.2, 0) is 7.05 Å². The topological polar surface area (TPSA) is 52.0 Å². The van der Waals surface area contributed by atoms with Crippen LogP contribution < -0.4 is 10.1 Å². The minimum absolute atomic E-state index is 0.624. The van der Waals surface area contributed by atoms with Crippen molar-refractivity contribution in [1.29, 1.82) is 0 Å². The molecule has 1 unspecified atom stereocenters. The summed E-state index contributed by atoms with van der Waals surface area (Å²) in [5.74, 6) is 1.37. The summed E-state index contributed by atoms with van der Waals surface area (Å²) in [7, 11) is 1.83. The molecule has 1 aromatic heterocycles. The molecule has 1 aromatic rings. The third kappa shape index (κ3) is 2.23. The van der Waals surface area contributed by atoms with Crippen molar-refractivity contribution in [1.82, 2.24) is 20.3 Å². The Labute approximate surface area is 83.4 Å². The number of hydrogen-bond acceptors (Lipinski definition) is 4. The molecule has 0 saturated carbocycles. The maximum absolute atomic E-state index is 5.61. The Morgan fingerprint density at radius 3 is 3.29 bits per heavy atom. The summed E-state index contributed by atoms with van der Waals surface area (Å²) in [5.41, 5.74) is 0. The molecule has 0 aromatic carbocycles. The van der Waals surface area contributed by atoms with Gasteiger partial charge in [0.2, 0.25) is 5.88 Å². The maximum Gasteiger partial charge on any atom is 0.232 e. The van der Waals surface area contributed by atoms with Gasteiger partial charge in [-0.3, -0.25) is 0 Å². The second kappa shape index (κ2) is 4.41. The number of piperidine rings is 1. The molecule has 0 amide bonds. The van der Waals surface area contributed by atoms with Gasteiger partial charge in [-0.2, -0.15) is 0 Å². The van der Waals surface area contributed by atoms with E-state index in [0.29, 0.717) is 5.92 Å². The lowest BCUT2D eigenvalue weighted by Crippen LogP contribution is -2.33. The first-order valence-electron chi connectivity index (χ1n) is 5.04. The van der Waals surface area contributed by atoms with Crippen molar-refractivity contribution in [3.05, 3.63) is 6.20 Å². The third-order valence-electron chi connectivity index (χ3n) is 2.54. The fraction of sp³-hybridized carbons (Fsp3) is 0.778. The normalized spacial score (nSPS) is 22.2. The zero-order valence-electron chi connectivity index (χ0n) is 8.44. The van der Waals surface area contributed by atoms with E-state index in [1.165, 1.54) is 12.8 Å². The highest BCUT2D eigenvalue weighted by molar-refractivity contribution is 5.00. The molecule has 1 N–H and O–H groups in total. The van der Waals surface area contributed by atoms with E-state index in [1.807, 2.05) is 7.05 Å². The van der Waals surface area contributed by atoms with Crippen molar-refractivity contribution in [3.8, 4) is 5.88 Å². The molecule has 78 valence electrons. The van der Waals surface area contributed by atoms with Crippen LogP contribution in [0.2, 0.25) is 0 Å². The zero-order valence-corrected chi connectivity index (χ0v) is 8.44. The van der Waals surface area contributed by atoms with Crippen molar-refractivity contribution in [2.75, 3.05) is 19.7 Å². The molecule has 1 atom stereocenters. The average molecular weight is 196 g/mol. The van der Waals surface area contributed by atoms with Gasteiger partial charge in [0.25, 0.3) is 0 Å². The number of aromatic nitrogens is 3. The molecule has 0 aliphatic carbocycles. The molecule has 14 heavy (non-hydrogen) atoms. The lowest BCUT2D eigenvalue weighted by molar-refractivity contribution is 0.205. The Hall–Kier alpha value is -1.10. The van der Waals surface area contributed by atoms with Crippen LogP contribution in [0.15, 0.2) is 6.20 Å². The number of nitrogens with one attached hydrogen (secondary N) is 1. The number of hydrogen-bond donors (Lipinski definition) is 1. The van der Waals surface area contributed by atoms with Crippen molar-refractivity contribution >= 4 is 0 Å². The van der Waals surface area contributed by atoms with Crippen LogP contribution in [0.5, 0.6) is 5.88 Å². The molecule has 0 radical (unpaired) electrons. The van der Waals surface area contributed by atoms with Crippen LogP contribution >= 0.6 is 0 Å². The predicted molar refractivity (Wildman–Crippen MR) is 52.1 cm³/mol. The Balaban J connectivity index is 1.79. The summed E-state index contributed by atoms with van der Waals surface area (Å²) in [6.45, 7) is 2.96. The maximum atomic E-state index is 5.61. The van der Waals surface area contributed by atoms with Gasteiger partial charge in [0.15, 0.2) is 0 Å². The van der Waals surface area contributed by atoms with E-state index in [0.717, 1.165) is 25.6 Å². The molecular formula is C9H16N4O. The Bertz CT molecular complexity index is 280. The Morgan fingerprint density at radius 1 is 1.71 bits per heavy atom. The number of ether oxygens (including phenoxy) is 1. The van der Waals surface area contributed by atoms with Gasteiger partial charge in [-0.15, -0.1) is 5.10 Å². The summed E-state index contributed by atoms with van der Waals surface area (Å²) in [6.07, 6.45) is 4.15. The molecular weight excluding hydrogens is 180 g/mol. The highest BCUT2D eigenvalue weighted by Crippen LogP contribution is 2.12. The fourth-order valence-electron chi connectivity index (χ4n) is 1.68. The van der Waals surface area contributed by atoms with Crippen molar-refractivity contribution in [2.45, 2.75) is 12.8 Å². The standard InChI is InChI=1S/C9H16N4O/c1-13-9(6-11-12-13)14-7-8-3-2-4-10-5-8/h6,8,10H,2-5,7H2,1H3. The predicted octanol–water partition coefficient (Wildman–Crippen LogP) is 0.193. The lowest BCUT2D eigenvalue weighted by Gasteiger charge is -2.22. The Kier molecular flexibility index (Phi) is 2.98. The summed E-state index contributed by atoms with van der Waals surface area (Å²) in [5, 5.41) is 10.9. The molecule has 1 aliphatic rings. The van der Waals surface area contributed by atoms with Crippen LogP contribution in [0.3, 0.4) is 0 Å². The molecule has 2 rings (SSSR count). The van der Waals surface area contributed by atoms with Crippen LogP contribution in [0.1, 0.15) is 12.8 Å². The SMILES string of the molecule is Cn1nncc1OCC1CCCNC1. The molecule has 5 nitrogen and oxygen atoms in total. The van der Waals surface area contributed by atoms with Crippen molar-refractivity contribution in [3.63, 3.8) is 0 Å². The van der Waals surface area contributed by atoms with E-state index in [4.69, 9.17) is 4.74 Å². The number of nitrogens with zero attached hydrogens (tertiary/aromatic N) is 3. The van der Waals surface area contributed by atoms with Gasteiger partial charge in [0.05, 0.1) is 6.61 Å². The van der Waals surface area contributed by atoms with Gasteiger partial charge < -0.3 is 10.1 Å². The van der Waals surface area contributed by atoms with Gasteiger partial charge in [0.1, 0.15) is 6.20 Å². The third-order valence-corrected chi connectivity index (χ3v) is 2.54. The van der Waals surface area contributed by atoms with Crippen LogP contribution in [0.25, 0.3) is 0 Å². The minimum Gasteiger partial charge on any atom is -0.476 e. The van der Waals surface area contributed by atoms with Gasteiger partial charge in [0, 0.05) is 19.5 Å². The highest BCUT2D eigenvalue weighted by atomic mass is 16.5. The summed E-state index contributed by atoms with van der Waals surface area (Å²) in [4.78, 5) is 0. The van der Waals surface area contributed by atoms with Gasteiger partial charge >= 0.3 is 0 Å². The second-order valence-electron chi connectivity index (χ2n) is 3.72. The van der Waals surface area contributed by atoms with E-state index in [1.54, 1.807) is 10.9 Å². The molecule has 0 spiro atoms. The summed E-state index contributed by atoms with van der Waals surface area (Å²) < 4.78 is 7.26. The van der Waals surface area contributed by atoms with E-state index >= 15 is 0 Å². The van der Waals surface area contributed by atoms with Gasteiger partial charge in [-0.05, 0) is 19.4 Å². The first-order valence-corrected chi connectivity index (χ1v) is 5.04. The average Bonchev–Trinajstić information content (AvgIpc) is 2.63. The molecule has 1 aliphatic heterocycles. The Morgan fingerprint density at radius 2 is 2.64 bits per heavy atom. The lowest BCUT2D eigenvalue weighted by atomic mass is 10.0. The summed E-state index contributed by atoms with van der Waals surface area (Å²) >= 11 is 0. The van der Waals surface area contributed by atoms with Crippen molar-refractivity contribution in [2.24, 2.45) is 13.0 Å². The molecule has 5 heteroatoms. The monoisotopic (exact) mass is 196 g/mol. The quantitative estimate of drug-likeness (QED) is 0.750. The van der Waals surface area contributed by atoms with Gasteiger partial charge in [-0.1, -0.05) is 5.21 Å². The largest absolute Gasteiger partial charge is 0.476 e. The minimum atomic E-state index is 0.624. The summed E-state index contributed by atoms with van der Waals surface area (Å²) in [6, 6.07) is 0. The highest BCUT2D eigenvalue weighted by Gasteiger charge is 2.14. The van der Waals surface area contributed by atoms with Crippen LogP contribution in [0.4, 0.5) is 0 Å². The first kappa shape index (κ1) is 9.45. The van der Waals surface area contributed by atoms with E-state index in [-0.39, 0.29) is 0 Å². The van der Waals surface area contributed by atoms with E-state index in [2.05, 4.69) is 15.6 Å². The number of aryl methyl sites for hydroxylation is 1. The van der Waals surface area contributed by atoms with E-state index < -0.39 is 0 Å². The fourth-order valence-corrected chi connectivity index (χ4v) is 1.68. The van der Waals surface area contributed by atoms with Crippen LogP contribution in [-0.4, -0.2) is 34.7 Å². The van der Waals surface area contributed by atoms with Crippen molar-refractivity contribution < 1.29 is 4.74 Å².